The second-order valence-corrected chi connectivity index (χ2v) is 6.35. The summed E-state index contributed by atoms with van der Waals surface area (Å²) in [5, 5.41) is 5.63. The largest absolute Gasteiger partial charge is 0.496 e. The van der Waals surface area contributed by atoms with Crippen LogP contribution in [0, 0.1) is 6.92 Å². The number of benzene rings is 1. The molecular weight excluding hydrogens is 280 g/mol. The highest BCUT2D eigenvalue weighted by Gasteiger charge is 2.28. The van der Waals surface area contributed by atoms with Crippen LogP contribution in [0.15, 0.2) is 35.7 Å². The molecule has 112 valence electrons. The maximum Gasteiger partial charge on any atom is 0.124 e. The fourth-order valence-corrected chi connectivity index (χ4v) is 4.08. The van der Waals surface area contributed by atoms with Gasteiger partial charge >= 0.3 is 0 Å². The Balaban J connectivity index is 2.05. The molecule has 1 aliphatic rings. The molecule has 1 fully saturated rings. The van der Waals surface area contributed by atoms with Crippen LogP contribution >= 0.6 is 11.3 Å². The van der Waals surface area contributed by atoms with Crippen LogP contribution in [0.5, 0.6) is 5.75 Å². The molecule has 2 aromatic rings. The normalized spacial score (nSPS) is 17.6. The van der Waals surface area contributed by atoms with E-state index in [-0.39, 0.29) is 0 Å². The molecule has 1 atom stereocenters. The van der Waals surface area contributed by atoms with E-state index < -0.39 is 0 Å². The summed E-state index contributed by atoms with van der Waals surface area (Å²) in [6.45, 7) is 6.45. The predicted molar refractivity (Wildman–Crippen MR) is 88.3 cm³/mol. The molecule has 4 heteroatoms. The van der Waals surface area contributed by atoms with E-state index in [0.717, 1.165) is 31.9 Å². The van der Waals surface area contributed by atoms with Crippen molar-refractivity contribution in [2.75, 3.05) is 33.3 Å². The number of nitrogens with zero attached hydrogens (tertiary/aromatic N) is 1. The van der Waals surface area contributed by atoms with Crippen molar-refractivity contribution >= 4 is 11.3 Å². The van der Waals surface area contributed by atoms with E-state index in [2.05, 4.69) is 46.8 Å². The Morgan fingerprint density at radius 2 is 1.95 bits per heavy atom. The van der Waals surface area contributed by atoms with Crippen LogP contribution in [0.2, 0.25) is 0 Å². The van der Waals surface area contributed by atoms with Crippen molar-refractivity contribution in [3.63, 3.8) is 0 Å². The third-order valence-electron chi connectivity index (χ3n) is 4.10. The summed E-state index contributed by atoms with van der Waals surface area (Å²) in [5.74, 6) is 0.980. The van der Waals surface area contributed by atoms with Crippen LogP contribution in [-0.4, -0.2) is 38.2 Å². The van der Waals surface area contributed by atoms with Crippen molar-refractivity contribution in [3.8, 4) is 5.75 Å². The topological polar surface area (TPSA) is 24.5 Å². The SMILES string of the molecule is COc1ccccc1C(c1sccc1C)N1CCNCC1. The summed E-state index contributed by atoms with van der Waals surface area (Å²) in [7, 11) is 1.76. The Kier molecular flexibility index (Phi) is 4.58. The highest BCUT2D eigenvalue weighted by molar-refractivity contribution is 7.10. The average Bonchev–Trinajstić information content (AvgIpc) is 2.95. The minimum Gasteiger partial charge on any atom is -0.496 e. The molecule has 0 amide bonds. The fourth-order valence-electron chi connectivity index (χ4n) is 3.00. The van der Waals surface area contributed by atoms with Crippen molar-refractivity contribution in [3.05, 3.63) is 51.7 Å². The van der Waals surface area contributed by atoms with Crippen LogP contribution in [0.3, 0.4) is 0 Å². The van der Waals surface area contributed by atoms with Crippen molar-refractivity contribution in [1.82, 2.24) is 10.2 Å². The fraction of sp³-hybridized carbons (Fsp3) is 0.412. The van der Waals surface area contributed by atoms with Crippen LogP contribution < -0.4 is 10.1 Å². The first-order valence-electron chi connectivity index (χ1n) is 7.43. The van der Waals surface area contributed by atoms with Gasteiger partial charge in [-0.25, -0.2) is 0 Å². The maximum absolute atomic E-state index is 5.62. The van der Waals surface area contributed by atoms with Gasteiger partial charge in [-0.3, -0.25) is 4.90 Å². The van der Waals surface area contributed by atoms with Crippen LogP contribution in [0.1, 0.15) is 22.0 Å². The van der Waals surface area contributed by atoms with Crippen molar-refractivity contribution in [2.45, 2.75) is 13.0 Å². The molecule has 21 heavy (non-hydrogen) atoms. The molecule has 1 aliphatic heterocycles. The van der Waals surface area contributed by atoms with Gasteiger partial charge in [0.1, 0.15) is 5.75 Å². The van der Waals surface area contributed by atoms with Gasteiger partial charge in [-0.1, -0.05) is 18.2 Å². The molecule has 0 saturated carbocycles. The van der Waals surface area contributed by atoms with Crippen LogP contribution in [0.4, 0.5) is 0 Å². The van der Waals surface area contributed by atoms with E-state index in [4.69, 9.17) is 4.74 Å². The first-order chi connectivity index (χ1) is 10.3. The number of para-hydroxylation sites is 1. The molecule has 0 bridgehead atoms. The molecule has 1 aromatic heterocycles. The summed E-state index contributed by atoms with van der Waals surface area (Å²) in [6.07, 6.45) is 0. The van der Waals surface area contributed by atoms with E-state index in [1.54, 1.807) is 7.11 Å². The lowest BCUT2D eigenvalue weighted by molar-refractivity contribution is 0.197. The zero-order chi connectivity index (χ0) is 14.7. The Labute approximate surface area is 130 Å². The minimum absolute atomic E-state index is 0.295. The van der Waals surface area contributed by atoms with Gasteiger partial charge in [-0.15, -0.1) is 11.3 Å². The van der Waals surface area contributed by atoms with Crippen LogP contribution in [-0.2, 0) is 0 Å². The zero-order valence-electron chi connectivity index (χ0n) is 12.6. The number of ether oxygens (including phenoxy) is 1. The standard InChI is InChI=1S/C17H22N2OS/c1-13-7-12-21-17(13)16(19-10-8-18-9-11-19)14-5-3-4-6-15(14)20-2/h3-7,12,16,18H,8-11H2,1-2H3. The Morgan fingerprint density at radius 1 is 1.19 bits per heavy atom. The Bertz CT molecular complexity index is 590. The molecule has 3 rings (SSSR count). The lowest BCUT2D eigenvalue weighted by Gasteiger charge is -2.35. The second kappa shape index (κ2) is 6.60. The molecule has 0 aliphatic carbocycles. The molecule has 3 nitrogen and oxygen atoms in total. The van der Waals surface area contributed by atoms with Gasteiger partial charge in [-0.2, -0.15) is 0 Å². The molecule has 2 heterocycles. The Hall–Kier alpha value is -1.36. The summed E-state index contributed by atoms with van der Waals surface area (Å²) in [6, 6.07) is 10.9. The highest BCUT2D eigenvalue weighted by atomic mass is 32.1. The van der Waals surface area contributed by atoms with Gasteiger partial charge in [-0.05, 0) is 30.0 Å². The molecular formula is C17H22N2OS. The maximum atomic E-state index is 5.62. The molecule has 1 aromatic carbocycles. The predicted octanol–water partition coefficient (Wildman–Crippen LogP) is 3.06. The van der Waals surface area contributed by atoms with E-state index in [1.807, 2.05) is 17.4 Å². The van der Waals surface area contributed by atoms with Crippen molar-refractivity contribution in [2.24, 2.45) is 0 Å². The second-order valence-electron chi connectivity index (χ2n) is 5.40. The summed E-state index contributed by atoms with van der Waals surface area (Å²) >= 11 is 1.85. The van der Waals surface area contributed by atoms with Crippen molar-refractivity contribution < 1.29 is 4.74 Å². The third-order valence-corrected chi connectivity index (χ3v) is 5.17. The average molecular weight is 302 g/mol. The number of hydrogen-bond donors (Lipinski definition) is 1. The van der Waals surface area contributed by atoms with Gasteiger partial charge in [0.2, 0.25) is 0 Å². The monoisotopic (exact) mass is 302 g/mol. The molecule has 1 N–H and O–H groups in total. The lowest BCUT2D eigenvalue weighted by Crippen LogP contribution is -2.45. The van der Waals surface area contributed by atoms with Gasteiger partial charge < -0.3 is 10.1 Å². The smallest absolute Gasteiger partial charge is 0.124 e. The molecule has 0 radical (unpaired) electrons. The van der Waals surface area contributed by atoms with Crippen molar-refractivity contribution in [1.29, 1.82) is 0 Å². The van der Waals surface area contributed by atoms with Gasteiger partial charge in [0.15, 0.2) is 0 Å². The lowest BCUT2D eigenvalue weighted by atomic mass is 9.99. The van der Waals surface area contributed by atoms with E-state index in [9.17, 15) is 0 Å². The summed E-state index contributed by atoms with van der Waals surface area (Å²) in [5.41, 5.74) is 2.64. The number of piperazine rings is 1. The molecule has 0 spiro atoms. The molecule has 1 unspecified atom stereocenters. The summed E-state index contributed by atoms with van der Waals surface area (Å²) < 4.78 is 5.62. The van der Waals surface area contributed by atoms with E-state index in [1.165, 1.54) is 16.0 Å². The third kappa shape index (κ3) is 2.98. The first-order valence-corrected chi connectivity index (χ1v) is 8.31. The highest BCUT2D eigenvalue weighted by Crippen LogP contribution is 2.38. The zero-order valence-corrected chi connectivity index (χ0v) is 13.5. The van der Waals surface area contributed by atoms with E-state index >= 15 is 0 Å². The van der Waals surface area contributed by atoms with Gasteiger partial charge in [0.25, 0.3) is 0 Å². The quantitative estimate of drug-likeness (QED) is 0.939. The number of hydrogen-bond acceptors (Lipinski definition) is 4. The van der Waals surface area contributed by atoms with Gasteiger partial charge in [0.05, 0.1) is 13.2 Å². The Morgan fingerprint density at radius 3 is 2.62 bits per heavy atom. The number of aryl methyl sites for hydroxylation is 1. The molecule has 1 saturated heterocycles. The number of thiophene rings is 1. The minimum atomic E-state index is 0.295. The van der Waals surface area contributed by atoms with E-state index in [0.29, 0.717) is 6.04 Å². The summed E-state index contributed by atoms with van der Waals surface area (Å²) in [4.78, 5) is 3.99. The van der Waals surface area contributed by atoms with Gasteiger partial charge in [0, 0.05) is 36.6 Å². The van der Waals surface area contributed by atoms with Crippen LogP contribution in [0.25, 0.3) is 0 Å². The number of methoxy groups -OCH3 is 1. The first kappa shape index (κ1) is 14.6. The number of rotatable bonds is 4. The number of nitrogens with one attached hydrogen (secondary N) is 1.